The van der Waals surface area contributed by atoms with Gasteiger partial charge in [0, 0.05) is 29.7 Å². The summed E-state index contributed by atoms with van der Waals surface area (Å²) >= 11 is 1.14. The molecule has 0 saturated carbocycles. The molecular formula is C20H19F3N4O2S2. The summed E-state index contributed by atoms with van der Waals surface area (Å²) in [5.74, 6) is -2.85. The standard InChI is InChI=1S/C20H19F3N4O2S2/c21-16-4-1-3-13(15(16)10-27-5-2-6-27)9-24-14-7-17(22)20(18(23)8-14)31(28,29)26-19-11-30-12-25-19/h1,3-4,7-8,11-12,24,26H,2,5-6,9-10H2. The van der Waals surface area contributed by atoms with Gasteiger partial charge in [-0.2, -0.15) is 0 Å². The second kappa shape index (κ2) is 8.85. The molecule has 4 rings (SSSR count). The van der Waals surface area contributed by atoms with Gasteiger partial charge in [-0.15, -0.1) is 11.3 Å². The Balaban J connectivity index is 1.52. The van der Waals surface area contributed by atoms with E-state index in [1.165, 1.54) is 17.0 Å². The highest BCUT2D eigenvalue weighted by atomic mass is 32.2. The van der Waals surface area contributed by atoms with Crippen LogP contribution in [0.1, 0.15) is 17.5 Å². The average Bonchev–Trinajstić information content (AvgIpc) is 3.15. The predicted octanol–water partition coefficient (Wildman–Crippen LogP) is 4.18. The SMILES string of the molecule is O=S(=O)(Nc1cscn1)c1c(F)cc(NCc2cccc(F)c2CN2CCC2)cc1F. The smallest absolute Gasteiger partial charge is 0.268 e. The summed E-state index contributed by atoms with van der Waals surface area (Å²) in [4.78, 5) is 4.77. The molecule has 0 bridgehead atoms. The number of hydrogen-bond acceptors (Lipinski definition) is 6. The lowest BCUT2D eigenvalue weighted by Gasteiger charge is -2.31. The normalized spacial score (nSPS) is 14.3. The van der Waals surface area contributed by atoms with Crippen LogP contribution in [0.4, 0.5) is 24.7 Å². The maximum absolute atomic E-state index is 14.5. The van der Waals surface area contributed by atoms with Crippen molar-refractivity contribution < 1.29 is 21.6 Å². The highest BCUT2D eigenvalue weighted by Crippen LogP contribution is 2.26. The molecule has 0 atom stereocenters. The van der Waals surface area contributed by atoms with Gasteiger partial charge >= 0.3 is 0 Å². The maximum atomic E-state index is 14.5. The number of hydrogen-bond donors (Lipinski definition) is 2. The van der Waals surface area contributed by atoms with E-state index in [1.807, 2.05) is 4.72 Å². The van der Waals surface area contributed by atoms with Crippen molar-refractivity contribution in [1.29, 1.82) is 0 Å². The molecule has 31 heavy (non-hydrogen) atoms. The van der Waals surface area contributed by atoms with Gasteiger partial charge in [0.1, 0.15) is 17.5 Å². The van der Waals surface area contributed by atoms with Crippen molar-refractivity contribution in [2.24, 2.45) is 0 Å². The summed E-state index contributed by atoms with van der Waals surface area (Å²) in [6.07, 6.45) is 1.08. The van der Waals surface area contributed by atoms with E-state index in [0.717, 1.165) is 43.0 Å². The minimum Gasteiger partial charge on any atom is -0.381 e. The number of anilines is 2. The summed E-state index contributed by atoms with van der Waals surface area (Å²) in [6, 6.07) is 6.49. The first-order valence-corrected chi connectivity index (χ1v) is 11.9. The molecule has 2 heterocycles. The van der Waals surface area contributed by atoms with Crippen LogP contribution in [0.5, 0.6) is 0 Å². The van der Waals surface area contributed by atoms with Gasteiger partial charge in [0.05, 0.1) is 5.51 Å². The van der Waals surface area contributed by atoms with Gasteiger partial charge in [0.15, 0.2) is 10.7 Å². The Kier molecular flexibility index (Phi) is 6.17. The number of halogens is 3. The zero-order chi connectivity index (χ0) is 22.0. The van der Waals surface area contributed by atoms with E-state index in [1.54, 1.807) is 12.1 Å². The first-order valence-electron chi connectivity index (χ1n) is 9.46. The van der Waals surface area contributed by atoms with Crippen LogP contribution in [0.3, 0.4) is 0 Å². The van der Waals surface area contributed by atoms with Gasteiger partial charge in [-0.25, -0.2) is 26.6 Å². The molecular weight excluding hydrogens is 449 g/mol. The van der Waals surface area contributed by atoms with E-state index >= 15 is 0 Å². The topological polar surface area (TPSA) is 74.3 Å². The second-order valence-electron chi connectivity index (χ2n) is 7.11. The molecule has 164 valence electrons. The van der Waals surface area contributed by atoms with Crippen molar-refractivity contribution in [3.8, 4) is 0 Å². The van der Waals surface area contributed by atoms with Crippen molar-refractivity contribution >= 4 is 32.9 Å². The number of likely N-dealkylation sites (tertiary alicyclic amines) is 1. The minimum absolute atomic E-state index is 0.0214. The van der Waals surface area contributed by atoms with Crippen LogP contribution in [-0.2, 0) is 23.1 Å². The van der Waals surface area contributed by atoms with Crippen LogP contribution in [0, 0.1) is 17.5 Å². The van der Waals surface area contributed by atoms with Crippen LogP contribution in [0.25, 0.3) is 0 Å². The Morgan fingerprint density at radius 1 is 1.10 bits per heavy atom. The Morgan fingerprint density at radius 2 is 1.84 bits per heavy atom. The van der Waals surface area contributed by atoms with Gasteiger partial charge in [-0.05, 0) is 43.3 Å². The van der Waals surface area contributed by atoms with Crippen molar-refractivity contribution in [1.82, 2.24) is 9.88 Å². The van der Waals surface area contributed by atoms with Crippen molar-refractivity contribution in [2.45, 2.75) is 24.4 Å². The molecule has 6 nitrogen and oxygen atoms in total. The fourth-order valence-corrected chi connectivity index (χ4v) is 4.96. The van der Waals surface area contributed by atoms with Crippen LogP contribution < -0.4 is 10.0 Å². The van der Waals surface area contributed by atoms with E-state index in [0.29, 0.717) is 17.7 Å². The number of benzene rings is 2. The molecule has 2 N–H and O–H groups in total. The van der Waals surface area contributed by atoms with Crippen LogP contribution >= 0.6 is 11.3 Å². The van der Waals surface area contributed by atoms with E-state index in [9.17, 15) is 21.6 Å². The first-order chi connectivity index (χ1) is 14.8. The van der Waals surface area contributed by atoms with Crippen LogP contribution in [-0.4, -0.2) is 31.4 Å². The molecule has 1 fully saturated rings. The maximum Gasteiger partial charge on any atom is 0.268 e. The molecule has 0 amide bonds. The summed E-state index contributed by atoms with van der Waals surface area (Å²) in [7, 11) is -4.49. The molecule has 0 unspecified atom stereocenters. The Hall–Kier alpha value is -2.63. The zero-order valence-electron chi connectivity index (χ0n) is 16.2. The third kappa shape index (κ3) is 4.83. The molecule has 11 heteroatoms. The molecule has 1 aliphatic rings. The number of nitrogens with one attached hydrogen (secondary N) is 2. The molecule has 0 radical (unpaired) electrons. The summed E-state index contributed by atoms with van der Waals surface area (Å²) in [5, 5.41) is 4.26. The average molecular weight is 469 g/mol. The molecule has 1 saturated heterocycles. The lowest BCUT2D eigenvalue weighted by atomic mass is 10.0. The predicted molar refractivity (Wildman–Crippen MR) is 113 cm³/mol. The summed E-state index contributed by atoms with van der Waals surface area (Å²) in [6.45, 7) is 2.40. The molecule has 1 aliphatic heterocycles. The second-order valence-corrected chi connectivity index (χ2v) is 9.45. The highest BCUT2D eigenvalue weighted by molar-refractivity contribution is 7.92. The largest absolute Gasteiger partial charge is 0.381 e. The monoisotopic (exact) mass is 468 g/mol. The molecule has 0 spiro atoms. The van der Waals surface area contributed by atoms with Gasteiger partial charge in [0.25, 0.3) is 10.0 Å². The number of sulfonamides is 1. The Morgan fingerprint density at radius 3 is 2.45 bits per heavy atom. The lowest BCUT2D eigenvalue weighted by molar-refractivity contribution is 0.170. The Bertz CT molecular complexity index is 1160. The molecule has 1 aromatic heterocycles. The van der Waals surface area contributed by atoms with E-state index < -0.39 is 26.6 Å². The number of nitrogens with zero attached hydrogens (tertiary/aromatic N) is 2. The lowest BCUT2D eigenvalue weighted by Crippen LogP contribution is -2.36. The molecule has 2 aromatic carbocycles. The van der Waals surface area contributed by atoms with Crippen molar-refractivity contribution in [2.75, 3.05) is 23.1 Å². The van der Waals surface area contributed by atoms with Gasteiger partial charge < -0.3 is 5.32 Å². The van der Waals surface area contributed by atoms with Gasteiger partial charge in [-0.1, -0.05) is 12.1 Å². The van der Waals surface area contributed by atoms with Crippen molar-refractivity contribution in [3.05, 3.63) is 69.8 Å². The van der Waals surface area contributed by atoms with E-state index in [2.05, 4.69) is 15.2 Å². The van der Waals surface area contributed by atoms with Gasteiger partial charge in [-0.3, -0.25) is 9.62 Å². The third-order valence-electron chi connectivity index (χ3n) is 4.97. The van der Waals surface area contributed by atoms with Crippen LogP contribution in [0.15, 0.2) is 46.1 Å². The number of thiazole rings is 1. The Labute approximate surface area is 181 Å². The minimum atomic E-state index is -4.49. The molecule has 3 aromatic rings. The summed E-state index contributed by atoms with van der Waals surface area (Å²) < 4.78 is 70.2. The fraction of sp³-hybridized carbons (Fsp3) is 0.250. The first kappa shape index (κ1) is 21.6. The zero-order valence-corrected chi connectivity index (χ0v) is 17.9. The highest BCUT2D eigenvalue weighted by Gasteiger charge is 2.26. The summed E-state index contributed by atoms with van der Waals surface area (Å²) in [5.41, 5.74) is 2.62. The number of rotatable bonds is 8. The molecule has 0 aliphatic carbocycles. The van der Waals surface area contributed by atoms with Gasteiger partial charge in [0.2, 0.25) is 0 Å². The fourth-order valence-electron chi connectivity index (χ4n) is 3.28. The number of aromatic nitrogens is 1. The third-order valence-corrected chi connectivity index (χ3v) is 6.96. The van der Waals surface area contributed by atoms with Crippen LogP contribution in [0.2, 0.25) is 0 Å². The quantitative estimate of drug-likeness (QED) is 0.519. The van der Waals surface area contributed by atoms with E-state index in [4.69, 9.17) is 0 Å². The van der Waals surface area contributed by atoms with Crippen molar-refractivity contribution in [3.63, 3.8) is 0 Å². The van der Waals surface area contributed by atoms with E-state index in [-0.39, 0.29) is 23.9 Å².